The second kappa shape index (κ2) is 13.1. The zero-order chi connectivity index (χ0) is 26.0. The summed E-state index contributed by atoms with van der Waals surface area (Å²) in [5.74, 6) is -1.58. The van der Waals surface area contributed by atoms with E-state index in [9.17, 15) is 19.2 Å². The number of aliphatic carboxylic acids is 1. The van der Waals surface area contributed by atoms with Gasteiger partial charge in [0.25, 0.3) is 0 Å². The number of carboxylic acids is 1. The van der Waals surface area contributed by atoms with E-state index in [4.69, 9.17) is 5.11 Å². The van der Waals surface area contributed by atoms with Crippen LogP contribution in [0.4, 0.5) is 16.2 Å². The van der Waals surface area contributed by atoms with Gasteiger partial charge >= 0.3 is 12.0 Å². The van der Waals surface area contributed by atoms with Crippen molar-refractivity contribution in [1.82, 2.24) is 10.6 Å². The number of carbonyl (C=O) groups excluding carboxylic acids is 3. The predicted octanol–water partition coefficient (Wildman–Crippen LogP) is 3.69. The van der Waals surface area contributed by atoms with Crippen molar-refractivity contribution in [3.63, 3.8) is 0 Å². The van der Waals surface area contributed by atoms with Crippen molar-refractivity contribution in [2.45, 2.75) is 59.0 Å². The number of anilines is 2. The van der Waals surface area contributed by atoms with Crippen LogP contribution in [-0.4, -0.2) is 41.0 Å². The van der Waals surface area contributed by atoms with Crippen LogP contribution in [0.5, 0.6) is 0 Å². The monoisotopic (exact) mass is 482 g/mol. The molecule has 0 aliphatic rings. The molecule has 0 radical (unpaired) electrons. The van der Waals surface area contributed by atoms with E-state index in [-0.39, 0.29) is 30.7 Å². The number of aryl methyl sites for hydroxylation is 1. The lowest BCUT2D eigenvalue weighted by molar-refractivity contribution is -0.138. The van der Waals surface area contributed by atoms with Crippen molar-refractivity contribution in [1.29, 1.82) is 0 Å². The first-order valence-electron chi connectivity index (χ1n) is 11.6. The molecule has 0 aliphatic carbocycles. The summed E-state index contributed by atoms with van der Waals surface area (Å²) in [6, 6.07) is 12.6. The van der Waals surface area contributed by atoms with Crippen molar-refractivity contribution in [2.75, 3.05) is 10.6 Å². The number of carboxylic acid groups (broad SMARTS) is 1. The first-order valence-corrected chi connectivity index (χ1v) is 11.6. The number of benzene rings is 2. The van der Waals surface area contributed by atoms with Crippen LogP contribution in [0.2, 0.25) is 0 Å². The van der Waals surface area contributed by atoms with Crippen molar-refractivity contribution < 1.29 is 24.3 Å². The third-order valence-corrected chi connectivity index (χ3v) is 5.20. The van der Waals surface area contributed by atoms with Crippen molar-refractivity contribution in [3.05, 3.63) is 59.7 Å². The number of hydrogen-bond acceptors (Lipinski definition) is 4. The number of hydrogen-bond donors (Lipinski definition) is 5. The maximum Gasteiger partial charge on any atom is 0.323 e. The van der Waals surface area contributed by atoms with Crippen LogP contribution in [0.15, 0.2) is 48.5 Å². The summed E-state index contributed by atoms with van der Waals surface area (Å²) >= 11 is 0. The zero-order valence-electron chi connectivity index (χ0n) is 20.6. The Labute approximate surface area is 205 Å². The van der Waals surface area contributed by atoms with Crippen LogP contribution in [0.1, 0.15) is 44.7 Å². The van der Waals surface area contributed by atoms with Gasteiger partial charge in [0.05, 0.1) is 12.8 Å². The molecule has 0 bridgehead atoms. The van der Waals surface area contributed by atoms with Gasteiger partial charge in [-0.25, -0.2) is 4.79 Å². The van der Waals surface area contributed by atoms with Crippen molar-refractivity contribution in [2.24, 2.45) is 5.92 Å². The van der Waals surface area contributed by atoms with Crippen LogP contribution in [-0.2, 0) is 20.8 Å². The van der Waals surface area contributed by atoms with Gasteiger partial charge in [-0.05, 0) is 55.5 Å². The van der Waals surface area contributed by atoms with Crippen molar-refractivity contribution >= 4 is 35.2 Å². The number of amides is 4. The second-order valence-electron chi connectivity index (χ2n) is 9.02. The number of para-hydroxylation sites is 1. The molecule has 5 N–H and O–H groups in total. The molecule has 0 spiro atoms. The molecule has 2 aromatic carbocycles. The Bertz CT molecular complexity index is 1040. The highest BCUT2D eigenvalue weighted by Crippen LogP contribution is 2.15. The van der Waals surface area contributed by atoms with E-state index in [1.807, 2.05) is 45.0 Å². The van der Waals surface area contributed by atoms with Gasteiger partial charge in [0, 0.05) is 17.4 Å². The van der Waals surface area contributed by atoms with E-state index in [0.29, 0.717) is 12.1 Å². The van der Waals surface area contributed by atoms with Gasteiger partial charge in [0.2, 0.25) is 11.8 Å². The molecule has 9 heteroatoms. The molecule has 4 amide bonds. The van der Waals surface area contributed by atoms with Gasteiger partial charge in [0.15, 0.2) is 0 Å². The third-order valence-electron chi connectivity index (χ3n) is 5.20. The van der Waals surface area contributed by atoms with E-state index in [2.05, 4.69) is 21.3 Å². The number of rotatable bonds is 11. The van der Waals surface area contributed by atoms with E-state index >= 15 is 0 Å². The Morgan fingerprint density at radius 2 is 1.54 bits per heavy atom. The standard InChI is InChI=1S/C26H34N4O5/c1-16(2)13-22(25(34)27-18(4)14-24(32)33)29-23(31)15-19-9-11-20(12-10-19)28-26(35)30-21-8-6-5-7-17(21)3/h5-12,16,18,22H,13-15H2,1-4H3,(H,27,34)(H,29,31)(H,32,33)(H2,28,30,35)/t18-,22-/m0/s1. The molecule has 0 unspecified atom stereocenters. The summed E-state index contributed by atoms with van der Waals surface area (Å²) in [5.41, 5.74) is 2.96. The lowest BCUT2D eigenvalue weighted by Gasteiger charge is -2.22. The lowest BCUT2D eigenvalue weighted by Crippen LogP contribution is -2.50. The lowest BCUT2D eigenvalue weighted by atomic mass is 10.0. The molecule has 0 saturated carbocycles. The van der Waals surface area contributed by atoms with E-state index < -0.39 is 24.0 Å². The molecule has 188 valence electrons. The largest absolute Gasteiger partial charge is 0.481 e. The fourth-order valence-corrected chi connectivity index (χ4v) is 3.49. The molecule has 35 heavy (non-hydrogen) atoms. The van der Waals surface area contributed by atoms with E-state index in [1.54, 1.807) is 31.2 Å². The molecule has 0 heterocycles. The molecular weight excluding hydrogens is 448 g/mol. The molecule has 0 fully saturated rings. The minimum atomic E-state index is -1.01. The molecular formula is C26H34N4O5. The average molecular weight is 483 g/mol. The minimum Gasteiger partial charge on any atom is -0.481 e. The van der Waals surface area contributed by atoms with Crippen LogP contribution < -0.4 is 21.3 Å². The number of nitrogens with one attached hydrogen (secondary N) is 4. The first kappa shape index (κ1) is 27.4. The average Bonchev–Trinajstić information content (AvgIpc) is 2.75. The molecule has 0 aliphatic heterocycles. The smallest absolute Gasteiger partial charge is 0.323 e. The summed E-state index contributed by atoms with van der Waals surface area (Å²) in [6.45, 7) is 7.39. The molecule has 2 rings (SSSR count). The van der Waals surface area contributed by atoms with Gasteiger partial charge in [-0.1, -0.05) is 44.2 Å². The molecule has 9 nitrogen and oxygen atoms in total. The Morgan fingerprint density at radius 3 is 2.14 bits per heavy atom. The van der Waals surface area contributed by atoms with E-state index in [1.165, 1.54) is 0 Å². The fourth-order valence-electron chi connectivity index (χ4n) is 3.49. The Balaban J connectivity index is 1.92. The number of urea groups is 1. The highest BCUT2D eigenvalue weighted by molar-refractivity contribution is 6.00. The predicted molar refractivity (Wildman–Crippen MR) is 135 cm³/mol. The summed E-state index contributed by atoms with van der Waals surface area (Å²) in [5, 5.41) is 19.8. The Hall–Kier alpha value is -3.88. The highest BCUT2D eigenvalue weighted by atomic mass is 16.4. The summed E-state index contributed by atoms with van der Waals surface area (Å²) < 4.78 is 0. The van der Waals surface area contributed by atoms with Crippen LogP contribution in [0.3, 0.4) is 0 Å². The quantitative estimate of drug-likeness (QED) is 0.333. The van der Waals surface area contributed by atoms with Crippen LogP contribution >= 0.6 is 0 Å². The van der Waals surface area contributed by atoms with Crippen LogP contribution in [0, 0.1) is 12.8 Å². The van der Waals surface area contributed by atoms with Gasteiger partial charge in [0.1, 0.15) is 6.04 Å². The fraction of sp³-hybridized carbons (Fsp3) is 0.385. The van der Waals surface area contributed by atoms with Gasteiger partial charge in [-0.2, -0.15) is 0 Å². The zero-order valence-corrected chi connectivity index (χ0v) is 20.6. The normalized spacial score (nSPS) is 12.4. The third kappa shape index (κ3) is 9.87. The Morgan fingerprint density at radius 1 is 0.886 bits per heavy atom. The molecule has 2 atom stereocenters. The SMILES string of the molecule is Cc1ccccc1NC(=O)Nc1ccc(CC(=O)N[C@@H](CC(C)C)C(=O)N[C@@H](C)CC(=O)O)cc1. The topological polar surface area (TPSA) is 137 Å². The molecule has 0 saturated heterocycles. The first-order chi connectivity index (χ1) is 16.5. The van der Waals surface area contributed by atoms with Gasteiger partial charge in [-0.15, -0.1) is 0 Å². The molecule has 2 aromatic rings. The maximum atomic E-state index is 12.6. The summed E-state index contributed by atoms with van der Waals surface area (Å²) in [7, 11) is 0. The highest BCUT2D eigenvalue weighted by Gasteiger charge is 2.24. The van der Waals surface area contributed by atoms with Gasteiger partial charge in [-0.3, -0.25) is 14.4 Å². The van der Waals surface area contributed by atoms with E-state index in [0.717, 1.165) is 16.8 Å². The second-order valence-corrected chi connectivity index (χ2v) is 9.02. The Kier molecular flexibility index (Phi) is 10.3. The number of carbonyl (C=O) groups is 4. The summed E-state index contributed by atoms with van der Waals surface area (Å²) in [4.78, 5) is 48.3. The van der Waals surface area contributed by atoms with Crippen molar-refractivity contribution in [3.8, 4) is 0 Å². The molecule has 0 aromatic heterocycles. The maximum absolute atomic E-state index is 12.6. The summed E-state index contributed by atoms with van der Waals surface area (Å²) in [6.07, 6.45) is 0.288. The van der Waals surface area contributed by atoms with Gasteiger partial charge < -0.3 is 26.4 Å². The minimum absolute atomic E-state index is 0.0578. The van der Waals surface area contributed by atoms with Crippen LogP contribution in [0.25, 0.3) is 0 Å².